The molecule has 0 fully saturated rings. The van der Waals surface area contributed by atoms with Gasteiger partial charge in [-0.25, -0.2) is 0 Å². The van der Waals surface area contributed by atoms with Crippen LogP contribution in [0.25, 0.3) is 6.08 Å². The number of carbonyl (C=O) groups excluding carboxylic acids is 1. The summed E-state index contributed by atoms with van der Waals surface area (Å²) in [6.45, 7) is 7.33. The maximum absolute atomic E-state index is 10.7. The van der Waals surface area contributed by atoms with Crippen LogP contribution in [0.3, 0.4) is 0 Å². The second-order valence-electron chi connectivity index (χ2n) is 4.32. The molecule has 1 aromatic heterocycles. The van der Waals surface area contributed by atoms with Crippen LogP contribution in [0.5, 0.6) is 5.95 Å². The molecule has 1 heterocycles. The van der Waals surface area contributed by atoms with E-state index in [1.54, 1.807) is 18.2 Å². The van der Waals surface area contributed by atoms with Gasteiger partial charge in [-0.05, 0) is 45.9 Å². The summed E-state index contributed by atoms with van der Waals surface area (Å²) in [7, 11) is 0. The van der Waals surface area contributed by atoms with Gasteiger partial charge in [0.2, 0.25) is 0 Å². The molecule has 0 spiro atoms. The molecule has 0 saturated heterocycles. The third-order valence-electron chi connectivity index (χ3n) is 1.49. The van der Waals surface area contributed by atoms with Crippen molar-refractivity contribution >= 4 is 11.9 Å². The lowest BCUT2D eigenvalue weighted by Gasteiger charge is -2.18. The minimum atomic E-state index is -0.278. The first-order valence-corrected chi connectivity index (χ1v) is 4.84. The quantitative estimate of drug-likeness (QED) is 0.716. The van der Waals surface area contributed by atoms with Crippen molar-refractivity contribution < 1.29 is 13.9 Å². The number of ketones is 1. The second kappa shape index (κ2) is 4.34. The van der Waals surface area contributed by atoms with Gasteiger partial charge in [0.15, 0.2) is 5.78 Å². The second-order valence-corrected chi connectivity index (χ2v) is 4.32. The lowest BCUT2D eigenvalue weighted by atomic mass is 10.2. The van der Waals surface area contributed by atoms with Crippen LogP contribution >= 0.6 is 0 Å². The Kier molecular flexibility index (Phi) is 3.35. The smallest absolute Gasteiger partial charge is 0.285 e. The van der Waals surface area contributed by atoms with Crippen molar-refractivity contribution in [1.82, 2.24) is 0 Å². The molecule has 1 aromatic rings. The zero-order valence-corrected chi connectivity index (χ0v) is 9.53. The number of ether oxygens (including phenoxy) is 1. The van der Waals surface area contributed by atoms with Crippen molar-refractivity contribution in [3.63, 3.8) is 0 Å². The Morgan fingerprint density at radius 1 is 1.40 bits per heavy atom. The summed E-state index contributed by atoms with van der Waals surface area (Å²) in [5, 5.41) is 0. The highest BCUT2D eigenvalue weighted by atomic mass is 16.6. The van der Waals surface area contributed by atoms with Crippen LogP contribution in [-0.2, 0) is 4.79 Å². The van der Waals surface area contributed by atoms with Gasteiger partial charge in [0, 0.05) is 6.07 Å². The van der Waals surface area contributed by atoms with Gasteiger partial charge < -0.3 is 9.15 Å². The minimum Gasteiger partial charge on any atom is -0.459 e. The Morgan fingerprint density at radius 3 is 2.60 bits per heavy atom. The molecule has 0 aliphatic rings. The topological polar surface area (TPSA) is 39.4 Å². The van der Waals surface area contributed by atoms with Crippen LogP contribution in [-0.4, -0.2) is 11.4 Å². The van der Waals surface area contributed by atoms with Crippen molar-refractivity contribution in [2.24, 2.45) is 0 Å². The molecule has 82 valence electrons. The van der Waals surface area contributed by atoms with E-state index in [1.165, 1.54) is 13.0 Å². The summed E-state index contributed by atoms with van der Waals surface area (Å²) in [4.78, 5) is 10.7. The van der Waals surface area contributed by atoms with Crippen molar-refractivity contribution in [3.8, 4) is 5.95 Å². The molecule has 0 aromatic carbocycles. The Bertz CT molecular complexity index is 366. The van der Waals surface area contributed by atoms with Gasteiger partial charge in [-0.2, -0.15) is 0 Å². The van der Waals surface area contributed by atoms with E-state index in [0.717, 1.165) is 0 Å². The van der Waals surface area contributed by atoms with Gasteiger partial charge in [0.05, 0.1) is 0 Å². The number of allylic oxidation sites excluding steroid dienone is 1. The fourth-order valence-electron chi connectivity index (χ4n) is 0.980. The molecule has 15 heavy (non-hydrogen) atoms. The molecule has 1 rings (SSSR count). The number of hydrogen-bond donors (Lipinski definition) is 0. The molecule has 3 heteroatoms. The van der Waals surface area contributed by atoms with Gasteiger partial charge in [-0.3, -0.25) is 4.79 Å². The SMILES string of the molecule is CC(=O)/C=C/c1ccc(OC(C)(C)C)o1. The molecule has 0 radical (unpaired) electrons. The third-order valence-corrected chi connectivity index (χ3v) is 1.49. The maximum atomic E-state index is 10.7. The fraction of sp³-hybridized carbons (Fsp3) is 0.417. The molecule has 0 unspecified atom stereocenters. The molecule has 0 aliphatic carbocycles. The summed E-state index contributed by atoms with van der Waals surface area (Å²) in [6.07, 6.45) is 3.08. The average molecular weight is 208 g/mol. The molecule has 0 atom stereocenters. The van der Waals surface area contributed by atoms with Crippen LogP contribution in [0.2, 0.25) is 0 Å². The van der Waals surface area contributed by atoms with Crippen LogP contribution in [0.15, 0.2) is 22.6 Å². The highest BCUT2D eigenvalue weighted by molar-refractivity contribution is 5.91. The standard InChI is InChI=1S/C12H16O3/c1-9(13)5-6-10-7-8-11(14-10)15-12(2,3)4/h5-8H,1-4H3/b6-5+. The van der Waals surface area contributed by atoms with E-state index >= 15 is 0 Å². The molecular formula is C12H16O3. The summed E-state index contributed by atoms with van der Waals surface area (Å²) in [5.74, 6) is 1.07. The van der Waals surface area contributed by atoms with Crippen molar-refractivity contribution in [3.05, 3.63) is 24.0 Å². The van der Waals surface area contributed by atoms with Crippen LogP contribution in [0, 0.1) is 0 Å². The summed E-state index contributed by atoms with van der Waals surface area (Å²) in [5.41, 5.74) is -0.278. The van der Waals surface area contributed by atoms with Crippen molar-refractivity contribution in [1.29, 1.82) is 0 Å². The summed E-state index contributed by atoms with van der Waals surface area (Å²) >= 11 is 0. The van der Waals surface area contributed by atoms with Crippen LogP contribution in [0.1, 0.15) is 33.5 Å². The maximum Gasteiger partial charge on any atom is 0.285 e. The highest BCUT2D eigenvalue weighted by Crippen LogP contribution is 2.21. The lowest BCUT2D eigenvalue weighted by Crippen LogP contribution is -2.22. The van der Waals surface area contributed by atoms with Gasteiger partial charge in [0.25, 0.3) is 5.95 Å². The molecule has 0 saturated carbocycles. The van der Waals surface area contributed by atoms with Gasteiger partial charge >= 0.3 is 0 Å². The third kappa shape index (κ3) is 4.49. The first-order valence-electron chi connectivity index (χ1n) is 4.84. The van der Waals surface area contributed by atoms with Crippen LogP contribution in [0.4, 0.5) is 0 Å². The predicted octanol–water partition coefficient (Wildman–Crippen LogP) is 3.06. The normalized spacial score (nSPS) is 12.0. The van der Waals surface area contributed by atoms with E-state index in [1.807, 2.05) is 20.8 Å². The predicted molar refractivity (Wildman–Crippen MR) is 58.8 cm³/mol. The Balaban J connectivity index is 2.68. The largest absolute Gasteiger partial charge is 0.459 e. The number of furan rings is 1. The first-order chi connectivity index (χ1) is 6.87. The lowest BCUT2D eigenvalue weighted by molar-refractivity contribution is -0.112. The Morgan fingerprint density at radius 2 is 2.07 bits per heavy atom. The highest BCUT2D eigenvalue weighted by Gasteiger charge is 2.13. The van der Waals surface area contributed by atoms with Gasteiger partial charge in [0.1, 0.15) is 11.4 Å². The molecule has 0 amide bonds. The molecule has 3 nitrogen and oxygen atoms in total. The molecule has 0 N–H and O–H groups in total. The van der Waals surface area contributed by atoms with E-state index in [0.29, 0.717) is 11.7 Å². The summed E-state index contributed by atoms with van der Waals surface area (Å²) in [6, 6.07) is 3.51. The zero-order valence-electron chi connectivity index (χ0n) is 9.53. The van der Waals surface area contributed by atoms with Gasteiger partial charge in [-0.1, -0.05) is 0 Å². The minimum absolute atomic E-state index is 0.00955. The van der Waals surface area contributed by atoms with E-state index < -0.39 is 0 Å². The Hall–Kier alpha value is -1.51. The van der Waals surface area contributed by atoms with Gasteiger partial charge in [-0.15, -0.1) is 0 Å². The molecular weight excluding hydrogens is 192 g/mol. The van der Waals surface area contributed by atoms with Crippen LogP contribution < -0.4 is 4.74 Å². The Labute approximate surface area is 89.7 Å². The van der Waals surface area contributed by atoms with E-state index in [9.17, 15) is 4.79 Å². The fourth-order valence-corrected chi connectivity index (χ4v) is 0.980. The number of hydrogen-bond acceptors (Lipinski definition) is 3. The number of carbonyl (C=O) groups is 1. The zero-order chi connectivity index (χ0) is 11.5. The van der Waals surface area contributed by atoms with E-state index in [2.05, 4.69) is 0 Å². The van der Waals surface area contributed by atoms with E-state index in [4.69, 9.17) is 9.15 Å². The summed E-state index contributed by atoms with van der Waals surface area (Å²) < 4.78 is 10.9. The first kappa shape index (κ1) is 11.6. The monoisotopic (exact) mass is 208 g/mol. The van der Waals surface area contributed by atoms with E-state index in [-0.39, 0.29) is 11.4 Å². The number of rotatable bonds is 3. The van der Waals surface area contributed by atoms with Crippen molar-refractivity contribution in [2.75, 3.05) is 0 Å². The molecule has 0 aliphatic heterocycles. The molecule has 0 bridgehead atoms. The average Bonchev–Trinajstić information content (AvgIpc) is 2.45. The van der Waals surface area contributed by atoms with Crippen molar-refractivity contribution in [2.45, 2.75) is 33.3 Å².